The van der Waals surface area contributed by atoms with Crippen LogP contribution in [0.4, 0.5) is 5.69 Å². The van der Waals surface area contributed by atoms with Gasteiger partial charge in [0.25, 0.3) is 0 Å². The lowest BCUT2D eigenvalue weighted by Gasteiger charge is -2.10. The van der Waals surface area contributed by atoms with Gasteiger partial charge < -0.3 is 10.6 Å². The summed E-state index contributed by atoms with van der Waals surface area (Å²) in [5.41, 5.74) is 2.37. The molecule has 78 valence electrons. The molecule has 0 radical (unpaired) electrons. The van der Waals surface area contributed by atoms with Crippen LogP contribution in [-0.4, -0.2) is 25.6 Å². The van der Waals surface area contributed by atoms with Crippen molar-refractivity contribution in [3.05, 3.63) is 24.0 Å². The van der Waals surface area contributed by atoms with E-state index in [2.05, 4.69) is 28.6 Å². The lowest BCUT2D eigenvalue weighted by molar-refractivity contribution is 0.541. The van der Waals surface area contributed by atoms with Gasteiger partial charge in [-0.25, -0.2) is 0 Å². The first-order valence-corrected chi connectivity index (χ1v) is 5.02. The zero-order chi connectivity index (χ0) is 10.4. The van der Waals surface area contributed by atoms with Crippen LogP contribution < -0.4 is 10.6 Å². The molecule has 0 amide bonds. The van der Waals surface area contributed by atoms with Crippen LogP contribution in [0.5, 0.6) is 0 Å². The van der Waals surface area contributed by atoms with Gasteiger partial charge in [0.2, 0.25) is 0 Å². The lowest BCUT2D eigenvalue weighted by atomic mass is 10.0. The highest BCUT2D eigenvalue weighted by Gasteiger charge is 2.03. The number of hydrogen-bond acceptors (Lipinski definition) is 3. The van der Waals surface area contributed by atoms with Gasteiger partial charge in [-0.15, -0.1) is 0 Å². The SMILES string of the molecule is CNCC(C)Cc1cncc(NC)c1. The number of pyridine rings is 1. The van der Waals surface area contributed by atoms with Gasteiger partial charge >= 0.3 is 0 Å². The van der Waals surface area contributed by atoms with Crippen molar-refractivity contribution in [3.8, 4) is 0 Å². The number of aromatic nitrogens is 1. The highest BCUT2D eigenvalue weighted by Crippen LogP contribution is 2.11. The zero-order valence-electron chi connectivity index (χ0n) is 9.17. The summed E-state index contributed by atoms with van der Waals surface area (Å²) in [5, 5.41) is 6.27. The number of hydrogen-bond donors (Lipinski definition) is 2. The molecule has 14 heavy (non-hydrogen) atoms. The van der Waals surface area contributed by atoms with E-state index in [9.17, 15) is 0 Å². The maximum absolute atomic E-state index is 4.19. The summed E-state index contributed by atoms with van der Waals surface area (Å²) in [6.45, 7) is 3.28. The van der Waals surface area contributed by atoms with Gasteiger partial charge in [-0.05, 0) is 37.6 Å². The van der Waals surface area contributed by atoms with E-state index in [4.69, 9.17) is 0 Å². The lowest BCUT2D eigenvalue weighted by Crippen LogP contribution is -2.18. The van der Waals surface area contributed by atoms with Crippen LogP contribution in [0.15, 0.2) is 18.5 Å². The van der Waals surface area contributed by atoms with Gasteiger partial charge in [0, 0.05) is 19.4 Å². The highest BCUT2D eigenvalue weighted by atomic mass is 14.8. The Morgan fingerprint density at radius 1 is 1.36 bits per heavy atom. The van der Waals surface area contributed by atoms with Crippen molar-refractivity contribution in [3.63, 3.8) is 0 Å². The van der Waals surface area contributed by atoms with Crippen molar-refractivity contribution >= 4 is 5.69 Å². The second-order valence-corrected chi connectivity index (χ2v) is 3.70. The van der Waals surface area contributed by atoms with E-state index in [1.165, 1.54) is 5.56 Å². The molecule has 0 saturated heterocycles. The van der Waals surface area contributed by atoms with Gasteiger partial charge in [0.15, 0.2) is 0 Å². The standard InChI is InChI=1S/C11H19N3/c1-9(6-12-2)4-10-5-11(13-3)8-14-7-10/h5,7-9,12-13H,4,6H2,1-3H3. The number of nitrogens with one attached hydrogen (secondary N) is 2. The fourth-order valence-corrected chi connectivity index (χ4v) is 1.56. The fraction of sp³-hybridized carbons (Fsp3) is 0.545. The minimum atomic E-state index is 0.647. The number of anilines is 1. The molecule has 0 spiro atoms. The quantitative estimate of drug-likeness (QED) is 0.744. The average Bonchev–Trinajstić information content (AvgIpc) is 2.18. The predicted molar refractivity (Wildman–Crippen MR) is 60.6 cm³/mol. The molecule has 0 bridgehead atoms. The zero-order valence-corrected chi connectivity index (χ0v) is 9.17. The molecule has 0 fully saturated rings. The molecule has 0 saturated carbocycles. The topological polar surface area (TPSA) is 37.0 Å². The Labute approximate surface area is 85.9 Å². The van der Waals surface area contributed by atoms with E-state index in [1.54, 1.807) is 0 Å². The number of nitrogens with zero attached hydrogens (tertiary/aromatic N) is 1. The Bertz CT molecular complexity index is 273. The van der Waals surface area contributed by atoms with Crippen LogP contribution in [0.2, 0.25) is 0 Å². The van der Waals surface area contributed by atoms with Gasteiger partial charge in [-0.3, -0.25) is 4.98 Å². The molecule has 2 N–H and O–H groups in total. The molecule has 1 aromatic rings. The molecule has 0 aliphatic heterocycles. The Hall–Kier alpha value is -1.09. The second kappa shape index (κ2) is 5.60. The Morgan fingerprint density at radius 3 is 2.79 bits per heavy atom. The minimum absolute atomic E-state index is 0.647. The molecular formula is C11H19N3. The van der Waals surface area contributed by atoms with Gasteiger partial charge in [0.05, 0.1) is 5.69 Å². The normalized spacial score (nSPS) is 12.5. The van der Waals surface area contributed by atoms with Crippen molar-refractivity contribution in [2.75, 3.05) is 26.0 Å². The van der Waals surface area contributed by atoms with E-state index in [0.717, 1.165) is 18.7 Å². The summed E-state index contributed by atoms with van der Waals surface area (Å²) in [4.78, 5) is 4.19. The minimum Gasteiger partial charge on any atom is -0.387 e. The van der Waals surface area contributed by atoms with Crippen molar-refractivity contribution < 1.29 is 0 Å². The van der Waals surface area contributed by atoms with Crippen molar-refractivity contribution in [2.24, 2.45) is 5.92 Å². The Kier molecular flexibility index (Phi) is 4.40. The van der Waals surface area contributed by atoms with Gasteiger partial charge in [-0.1, -0.05) is 6.92 Å². The van der Waals surface area contributed by atoms with E-state index in [1.807, 2.05) is 26.5 Å². The van der Waals surface area contributed by atoms with Crippen LogP contribution in [0.3, 0.4) is 0 Å². The summed E-state index contributed by atoms with van der Waals surface area (Å²) >= 11 is 0. The third kappa shape index (κ3) is 3.34. The molecule has 1 unspecified atom stereocenters. The molecule has 0 aliphatic carbocycles. The van der Waals surface area contributed by atoms with Crippen LogP contribution in [-0.2, 0) is 6.42 Å². The molecule has 1 rings (SSSR count). The van der Waals surface area contributed by atoms with Gasteiger partial charge in [-0.2, -0.15) is 0 Å². The molecule has 3 nitrogen and oxygen atoms in total. The number of rotatable bonds is 5. The first kappa shape index (κ1) is 11.0. The largest absolute Gasteiger partial charge is 0.387 e. The summed E-state index contributed by atoms with van der Waals surface area (Å²) < 4.78 is 0. The van der Waals surface area contributed by atoms with Crippen molar-refractivity contribution in [2.45, 2.75) is 13.3 Å². The molecule has 3 heteroatoms. The maximum Gasteiger partial charge on any atom is 0.0526 e. The smallest absolute Gasteiger partial charge is 0.0526 e. The van der Waals surface area contributed by atoms with Crippen LogP contribution in [0.1, 0.15) is 12.5 Å². The summed E-state index contributed by atoms with van der Waals surface area (Å²) in [7, 11) is 3.90. The fourth-order valence-electron chi connectivity index (χ4n) is 1.56. The molecule has 0 aliphatic rings. The third-order valence-electron chi connectivity index (χ3n) is 2.22. The highest BCUT2D eigenvalue weighted by molar-refractivity contribution is 5.41. The summed E-state index contributed by atoms with van der Waals surface area (Å²) in [5.74, 6) is 0.647. The molecule has 1 heterocycles. The monoisotopic (exact) mass is 193 g/mol. The molecule has 1 aromatic heterocycles. The van der Waals surface area contributed by atoms with Gasteiger partial charge in [0.1, 0.15) is 0 Å². The summed E-state index contributed by atoms with van der Waals surface area (Å²) in [6, 6.07) is 2.15. The summed E-state index contributed by atoms with van der Waals surface area (Å²) in [6.07, 6.45) is 4.85. The van der Waals surface area contributed by atoms with Crippen LogP contribution in [0.25, 0.3) is 0 Å². The van der Waals surface area contributed by atoms with Crippen LogP contribution >= 0.6 is 0 Å². The second-order valence-electron chi connectivity index (χ2n) is 3.70. The van der Waals surface area contributed by atoms with E-state index < -0.39 is 0 Å². The average molecular weight is 193 g/mol. The van der Waals surface area contributed by atoms with Crippen molar-refractivity contribution in [1.29, 1.82) is 0 Å². The van der Waals surface area contributed by atoms with E-state index >= 15 is 0 Å². The molecule has 0 aromatic carbocycles. The van der Waals surface area contributed by atoms with E-state index in [0.29, 0.717) is 5.92 Å². The first-order chi connectivity index (χ1) is 6.76. The molecular weight excluding hydrogens is 174 g/mol. The Balaban J connectivity index is 2.57. The Morgan fingerprint density at radius 2 is 2.14 bits per heavy atom. The van der Waals surface area contributed by atoms with Crippen molar-refractivity contribution in [1.82, 2.24) is 10.3 Å². The predicted octanol–water partition coefficient (Wildman–Crippen LogP) is 1.52. The van der Waals surface area contributed by atoms with E-state index in [-0.39, 0.29) is 0 Å². The third-order valence-corrected chi connectivity index (χ3v) is 2.22. The molecule has 1 atom stereocenters. The van der Waals surface area contributed by atoms with Crippen LogP contribution in [0, 0.1) is 5.92 Å². The maximum atomic E-state index is 4.19. The first-order valence-electron chi connectivity index (χ1n) is 5.02.